The summed E-state index contributed by atoms with van der Waals surface area (Å²) in [6, 6.07) is 3.60. The number of carbonyl (C=O) groups excluding carboxylic acids is 1. The molecule has 1 atom stereocenters. The molecule has 1 aromatic carbocycles. The van der Waals surface area contributed by atoms with Crippen LogP contribution in [-0.4, -0.2) is 35.6 Å². The number of likely N-dealkylation sites (tertiary alicyclic amines) is 1. The fraction of sp³-hybridized carbons (Fsp3) is 0.462. The highest BCUT2D eigenvalue weighted by molar-refractivity contribution is 9.10. The number of hydrogen-bond acceptors (Lipinski definition) is 3. The Morgan fingerprint density at radius 3 is 2.94 bits per heavy atom. The zero-order valence-corrected chi connectivity index (χ0v) is 11.9. The van der Waals surface area contributed by atoms with Gasteiger partial charge >= 0.3 is 0 Å². The molecule has 4 nitrogen and oxygen atoms in total. The van der Waals surface area contributed by atoms with Crippen molar-refractivity contribution in [2.24, 2.45) is 5.92 Å². The third-order valence-corrected chi connectivity index (χ3v) is 3.93. The second kappa shape index (κ2) is 5.28. The van der Waals surface area contributed by atoms with Gasteiger partial charge in [-0.3, -0.25) is 4.79 Å². The molecule has 0 radical (unpaired) electrons. The summed E-state index contributed by atoms with van der Waals surface area (Å²) < 4.78 is 0.812. The molecule has 1 saturated heterocycles. The first kappa shape index (κ1) is 13.4. The summed E-state index contributed by atoms with van der Waals surface area (Å²) >= 11 is 3.36. The first-order valence-corrected chi connectivity index (χ1v) is 6.78. The van der Waals surface area contributed by atoms with Crippen LogP contribution in [0, 0.1) is 12.8 Å². The van der Waals surface area contributed by atoms with E-state index in [4.69, 9.17) is 10.8 Å². The average Bonchev–Trinajstić information content (AvgIpc) is 2.81. The van der Waals surface area contributed by atoms with E-state index in [-0.39, 0.29) is 18.4 Å². The van der Waals surface area contributed by atoms with Gasteiger partial charge in [0.15, 0.2) is 0 Å². The molecular formula is C13H17BrN2O2. The van der Waals surface area contributed by atoms with E-state index >= 15 is 0 Å². The van der Waals surface area contributed by atoms with E-state index in [1.165, 1.54) is 0 Å². The van der Waals surface area contributed by atoms with Gasteiger partial charge in [0, 0.05) is 41.3 Å². The lowest BCUT2D eigenvalue weighted by atomic mass is 10.1. The summed E-state index contributed by atoms with van der Waals surface area (Å²) in [4.78, 5) is 14.2. The second-order valence-electron chi connectivity index (χ2n) is 4.76. The molecule has 0 aromatic heterocycles. The monoisotopic (exact) mass is 312 g/mol. The first-order valence-electron chi connectivity index (χ1n) is 5.98. The first-order chi connectivity index (χ1) is 8.52. The third-order valence-electron chi connectivity index (χ3n) is 3.47. The number of amides is 1. The number of benzene rings is 1. The average molecular weight is 313 g/mol. The Morgan fingerprint density at radius 2 is 2.33 bits per heavy atom. The van der Waals surface area contributed by atoms with E-state index in [1.54, 1.807) is 17.0 Å². The zero-order valence-electron chi connectivity index (χ0n) is 10.3. The number of halogens is 1. The number of aliphatic hydroxyl groups excluding tert-OH is 1. The van der Waals surface area contributed by atoms with Gasteiger partial charge in [0.2, 0.25) is 0 Å². The van der Waals surface area contributed by atoms with Gasteiger partial charge in [0.1, 0.15) is 0 Å². The summed E-state index contributed by atoms with van der Waals surface area (Å²) in [7, 11) is 0. The minimum atomic E-state index is -0.00329. The summed E-state index contributed by atoms with van der Waals surface area (Å²) in [5.74, 6) is 0.204. The van der Waals surface area contributed by atoms with Crippen molar-refractivity contribution in [3.8, 4) is 0 Å². The van der Waals surface area contributed by atoms with E-state index in [9.17, 15) is 4.79 Å². The Hall–Kier alpha value is -1.07. The van der Waals surface area contributed by atoms with Gasteiger partial charge in [0.05, 0.1) is 0 Å². The Kier molecular flexibility index (Phi) is 3.92. The molecule has 1 heterocycles. The minimum absolute atomic E-state index is 0.00329. The van der Waals surface area contributed by atoms with Crippen molar-refractivity contribution >= 4 is 27.5 Å². The van der Waals surface area contributed by atoms with Gasteiger partial charge < -0.3 is 15.7 Å². The van der Waals surface area contributed by atoms with Crippen LogP contribution in [0.4, 0.5) is 5.69 Å². The molecule has 2 rings (SSSR count). The molecule has 1 aliphatic heterocycles. The number of anilines is 1. The van der Waals surface area contributed by atoms with Crippen molar-refractivity contribution in [3.63, 3.8) is 0 Å². The molecule has 0 aliphatic carbocycles. The van der Waals surface area contributed by atoms with Gasteiger partial charge in [-0.1, -0.05) is 15.9 Å². The molecule has 18 heavy (non-hydrogen) atoms. The Balaban J connectivity index is 2.24. The van der Waals surface area contributed by atoms with Crippen LogP contribution >= 0.6 is 15.9 Å². The van der Waals surface area contributed by atoms with Crippen molar-refractivity contribution in [2.75, 3.05) is 25.4 Å². The molecule has 0 saturated carbocycles. The standard InChI is InChI=1S/C13H17BrN2O2/c1-8-11(4-10(14)5-12(8)15)13(18)16-3-2-9(6-16)7-17/h4-5,9,17H,2-3,6-7,15H2,1H3. The Bertz CT molecular complexity index is 476. The summed E-state index contributed by atoms with van der Waals surface area (Å²) in [5, 5.41) is 9.11. The molecule has 1 aliphatic rings. The van der Waals surface area contributed by atoms with Crippen LogP contribution < -0.4 is 5.73 Å². The molecule has 98 valence electrons. The quantitative estimate of drug-likeness (QED) is 0.818. The highest BCUT2D eigenvalue weighted by Crippen LogP contribution is 2.26. The highest BCUT2D eigenvalue weighted by Gasteiger charge is 2.27. The van der Waals surface area contributed by atoms with Crippen LogP contribution in [0.5, 0.6) is 0 Å². The van der Waals surface area contributed by atoms with Crippen molar-refractivity contribution in [3.05, 3.63) is 27.7 Å². The SMILES string of the molecule is Cc1c(N)cc(Br)cc1C(=O)N1CCC(CO)C1. The van der Waals surface area contributed by atoms with Crippen LogP contribution in [0.1, 0.15) is 22.3 Å². The van der Waals surface area contributed by atoms with Crippen molar-refractivity contribution < 1.29 is 9.90 Å². The van der Waals surface area contributed by atoms with Crippen LogP contribution in [0.25, 0.3) is 0 Å². The predicted octanol–water partition coefficient (Wildman–Crippen LogP) is 1.79. The van der Waals surface area contributed by atoms with E-state index in [0.717, 1.165) is 16.5 Å². The molecule has 5 heteroatoms. The zero-order chi connectivity index (χ0) is 13.3. The van der Waals surface area contributed by atoms with Gasteiger partial charge in [-0.15, -0.1) is 0 Å². The molecule has 1 aromatic rings. The number of nitrogens with zero attached hydrogens (tertiary/aromatic N) is 1. The number of rotatable bonds is 2. The van der Waals surface area contributed by atoms with Crippen molar-refractivity contribution in [1.29, 1.82) is 0 Å². The van der Waals surface area contributed by atoms with Gasteiger partial charge in [-0.25, -0.2) is 0 Å². The van der Waals surface area contributed by atoms with Crippen LogP contribution in [0.3, 0.4) is 0 Å². The number of hydrogen-bond donors (Lipinski definition) is 2. The minimum Gasteiger partial charge on any atom is -0.398 e. The third kappa shape index (κ3) is 2.52. The lowest BCUT2D eigenvalue weighted by molar-refractivity contribution is 0.0781. The fourth-order valence-electron chi connectivity index (χ4n) is 2.26. The Morgan fingerprint density at radius 1 is 1.61 bits per heavy atom. The summed E-state index contributed by atoms with van der Waals surface area (Å²) in [5.41, 5.74) is 7.94. The molecule has 0 spiro atoms. The van der Waals surface area contributed by atoms with Gasteiger partial charge in [-0.05, 0) is 31.0 Å². The molecule has 3 N–H and O–H groups in total. The van der Waals surface area contributed by atoms with Crippen LogP contribution in [-0.2, 0) is 0 Å². The molecular weight excluding hydrogens is 296 g/mol. The van der Waals surface area contributed by atoms with E-state index < -0.39 is 0 Å². The van der Waals surface area contributed by atoms with Crippen LogP contribution in [0.15, 0.2) is 16.6 Å². The number of aliphatic hydroxyl groups is 1. The predicted molar refractivity (Wildman–Crippen MR) is 74.4 cm³/mol. The van der Waals surface area contributed by atoms with E-state index in [1.807, 2.05) is 6.92 Å². The molecule has 0 bridgehead atoms. The highest BCUT2D eigenvalue weighted by atomic mass is 79.9. The number of nitrogens with two attached hydrogens (primary N) is 1. The number of carbonyl (C=O) groups is 1. The topological polar surface area (TPSA) is 66.6 Å². The van der Waals surface area contributed by atoms with Crippen molar-refractivity contribution in [2.45, 2.75) is 13.3 Å². The normalized spacial score (nSPS) is 19.3. The summed E-state index contributed by atoms with van der Waals surface area (Å²) in [6.45, 7) is 3.33. The fourth-order valence-corrected chi connectivity index (χ4v) is 2.73. The maximum atomic E-state index is 12.4. The lowest BCUT2D eigenvalue weighted by Gasteiger charge is -2.18. The maximum Gasteiger partial charge on any atom is 0.254 e. The molecule has 1 amide bonds. The van der Waals surface area contributed by atoms with Gasteiger partial charge in [0.25, 0.3) is 5.91 Å². The molecule has 1 unspecified atom stereocenters. The lowest BCUT2D eigenvalue weighted by Crippen LogP contribution is -2.29. The Labute approximate surface area is 115 Å². The van der Waals surface area contributed by atoms with E-state index in [0.29, 0.717) is 24.3 Å². The van der Waals surface area contributed by atoms with Crippen molar-refractivity contribution in [1.82, 2.24) is 4.90 Å². The number of nitrogen functional groups attached to an aromatic ring is 1. The van der Waals surface area contributed by atoms with Gasteiger partial charge in [-0.2, -0.15) is 0 Å². The van der Waals surface area contributed by atoms with E-state index in [2.05, 4.69) is 15.9 Å². The molecule has 1 fully saturated rings. The smallest absolute Gasteiger partial charge is 0.254 e. The second-order valence-corrected chi connectivity index (χ2v) is 5.67. The van der Waals surface area contributed by atoms with Crippen LogP contribution in [0.2, 0.25) is 0 Å². The largest absolute Gasteiger partial charge is 0.398 e. The maximum absolute atomic E-state index is 12.4. The summed E-state index contributed by atoms with van der Waals surface area (Å²) in [6.07, 6.45) is 0.866.